The van der Waals surface area contributed by atoms with E-state index in [4.69, 9.17) is 18.5 Å². The van der Waals surface area contributed by atoms with Gasteiger partial charge < -0.3 is 27.9 Å². The summed E-state index contributed by atoms with van der Waals surface area (Å²) in [6.07, 6.45) is 43.9. The highest BCUT2D eigenvalue weighted by Crippen LogP contribution is 2.38. The number of esters is 1. The lowest BCUT2D eigenvalue weighted by molar-refractivity contribution is -0.870. The molecule has 9 heteroatoms. The number of quaternary nitrogens is 1. The number of ether oxygens (including phenoxy) is 2. The Morgan fingerprint density at radius 1 is 0.615 bits per heavy atom. The molecule has 0 radical (unpaired) electrons. The summed E-state index contributed by atoms with van der Waals surface area (Å²) in [6.45, 7) is 5.21. The number of carbonyl (C=O) groups excluding carboxylic acids is 1. The van der Waals surface area contributed by atoms with E-state index in [-0.39, 0.29) is 25.8 Å². The molecule has 0 heterocycles. The smallest absolute Gasteiger partial charge is 0.306 e. The van der Waals surface area contributed by atoms with Crippen LogP contribution in [0, 0.1) is 0 Å². The molecule has 0 fully saturated rings. The molecule has 0 aliphatic carbocycles. The maximum Gasteiger partial charge on any atom is 0.306 e. The number of nitrogens with zero attached hydrogens (tertiary/aromatic N) is 1. The van der Waals surface area contributed by atoms with Crippen LogP contribution in [0.15, 0.2) is 60.8 Å². The fraction of sp³-hybridized carbons (Fsp3) is 0.744. The molecule has 0 bridgehead atoms. The lowest BCUT2D eigenvalue weighted by Gasteiger charge is -2.28. The summed E-state index contributed by atoms with van der Waals surface area (Å²) in [7, 11) is 1.34. The highest BCUT2D eigenvalue weighted by Gasteiger charge is 2.20. The van der Waals surface area contributed by atoms with Gasteiger partial charge in [0.25, 0.3) is 7.82 Å². The molecule has 0 rings (SSSR count). The Labute approximate surface area is 320 Å². The molecule has 52 heavy (non-hydrogen) atoms. The molecule has 0 aliphatic heterocycles. The van der Waals surface area contributed by atoms with Crippen LogP contribution in [0.1, 0.15) is 149 Å². The van der Waals surface area contributed by atoms with Crippen LogP contribution in [0.4, 0.5) is 0 Å². The Balaban J connectivity index is 4.18. The topological polar surface area (TPSA) is 94.1 Å². The quantitative estimate of drug-likeness (QED) is 0.0205. The molecule has 0 spiro atoms. The summed E-state index contributed by atoms with van der Waals surface area (Å²) in [5.41, 5.74) is 0. The predicted molar refractivity (Wildman–Crippen MR) is 217 cm³/mol. The third-order valence-electron chi connectivity index (χ3n) is 8.33. The van der Waals surface area contributed by atoms with Crippen molar-refractivity contribution in [2.24, 2.45) is 0 Å². The molecular formula is C43H78NO7P. The molecular weight excluding hydrogens is 673 g/mol. The van der Waals surface area contributed by atoms with E-state index >= 15 is 0 Å². The van der Waals surface area contributed by atoms with Crippen molar-refractivity contribution in [1.82, 2.24) is 0 Å². The molecule has 2 atom stereocenters. The normalized spacial score (nSPS) is 14.5. The minimum absolute atomic E-state index is 0.0209. The first kappa shape index (κ1) is 50.2. The van der Waals surface area contributed by atoms with Crippen LogP contribution in [-0.4, -0.2) is 70.7 Å². The van der Waals surface area contributed by atoms with Gasteiger partial charge in [-0.2, -0.15) is 0 Å². The van der Waals surface area contributed by atoms with E-state index in [0.29, 0.717) is 24.1 Å². The molecule has 2 unspecified atom stereocenters. The van der Waals surface area contributed by atoms with Crippen LogP contribution in [0.25, 0.3) is 0 Å². The van der Waals surface area contributed by atoms with Gasteiger partial charge >= 0.3 is 5.97 Å². The minimum atomic E-state index is -4.52. The van der Waals surface area contributed by atoms with Gasteiger partial charge in [-0.3, -0.25) is 9.36 Å². The number of likely N-dealkylation sites (N-methyl/N-ethyl adjacent to an activating group) is 1. The van der Waals surface area contributed by atoms with Crippen LogP contribution in [0.5, 0.6) is 0 Å². The van der Waals surface area contributed by atoms with Crippen molar-refractivity contribution in [3.8, 4) is 0 Å². The van der Waals surface area contributed by atoms with Crippen molar-refractivity contribution in [2.75, 3.05) is 54.1 Å². The van der Waals surface area contributed by atoms with E-state index in [0.717, 1.165) is 77.0 Å². The Morgan fingerprint density at radius 3 is 1.67 bits per heavy atom. The van der Waals surface area contributed by atoms with Crippen molar-refractivity contribution < 1.29 is 37.3 Å². The number of allylic oxidation sites excluding steroid dienone is 10. The number of hydrogen-bond acceptors (Lipinski definition) is 7. The fourth-order valence-electron chi connectivity index (χ4n) is 5.16. The lowest BCUT2D eigenvalue weighted by Crippen LogP contribution is -2.37. The van der Waals surface area contributed by atoms with E-state index in [1.54, 1.807) is 0 Å². The summed E-state index contributed by atoms with van der Waals surface area (Å²) < 4.78 is 34.4. The standard InChI is InChI=1S/C43H78NO7P/c1-6-8-10-12-14-16-17-18-19-20-21-22-23-24-25-26-27-28-29-31-33-35-38-48-40-42(41-50-52(46,47)49-39-37-44(3,4)5)51-43(45)36-34-32-30-15-13-11-9-7-2/h8,10,14,16,18-19,21-22,24-25,42H,6-7,9,11-13,15,17,20,23,26-41H2,1-5H3/b10-8-,16-14-,19-18-,22-21-,25-24-. The van der Waals surface area contributed by atoms with Gasteiger partial charge in [0, 0.05) is 13.0 Å². The molecule has 0 amide bonds. The number of carbonyl (C=O) groups is 1. The second-order valence-corrected chi connectivity index (χ2v) is 16.0. The van der Waals surface area contributed by atoms with Crippen molar-refractivity contribution >= 4 is 13.8 Å². The predicted octanol–water partition coefficient (Wildman–Crippen LogP) is 11.1. The first-order chi connectivity index (χ1) is 25.1. The van der Waals surface area contributed by atoms with Crippen LogP contribution >= 0.6 is 7.82 Å². The largest absolute Gasteiger partial charge is 0.756 e. The molecule has 8 nitrogen and oxygen atoms in total. The molecule has 0 aromatic carbocycles. The van der Waals surface area contributed by atoms with Gasteiger partial charge in [-0.05, 0) is 57.8 Å². The second kappa shape index (κ2) is 36.2. The highest BCUT2D eigenvalue weighted by atomic mass is 31.2. The first-order valence-corrected chi connectivity index (χ1v) is 22.0. The summed E-state index contributed by atoms with van der Waals surface area (Å²) >= 11 is 0. The minimum Gasteiger partial charge on any atom is -0.756 e. The van der Waals surface area contributed by atoms with Gasteiger partial charge in [0.2, 0.25) is 0 Å². The van der Waals surface area contributed by atoms with E-state index in [2.05, 4.69) is 74.6 Å². The zero-order chi connectivity index (χ0) is 38.4. The molecule has 0 N–H and O–H groups in total. The highest BCUT2D eigenvalue weighted by molar-refractivity contribution is 7.45. The third kappa shape index (κ3) is 39.4. The number of unbranched alkanes of at least 4 members (excludes halogenated alkanes) is 13. The maximum atomic E-state index is 12.5. The zero-order valence-corrected chi connectivity index (χ0v) is 34.9. The van der Waals surface area contributed by atoms with Crippen molar-refractivity contribution in [3.05, 3.63) is 60.8 Å². The molecule has 302 valence electrons. The summed E-state index contributed by atoms with van der Waals surface area (Å²) in [6, 6.07) is 0. The van der Waals surface area contributed by atoms with Gasteiger partial charge in [-0.15, -0.1) is 0 Å². The Kier molecular flexibility index (Phi) is 34.9. The average Bonchev–Trinajstić information content (AvgIpc) is 3.09. The van der Waals surface area contributed by atoms with Crippen LogP contribution in [0.2, 0.25) is 0 Å². The number of hydrogen-bond donors (Lipinski definition) is 0. The van der Waals surface area contributed by atoms with E-state index < -0.39 is 13.9 Å². The Hall–Kier alpha value is -1.80. The number of phosphoric acid groups is 1. The maximum absolute atomic E-state index is 12.5. The molecule has 0 aliphatic rings. The third-order valence-corrected chi connectivity index (χ3v) is 9.30. The van der Waals surface area contributed by atoms with Crippen molar-refractivity contribution in [1.29, 1.82) is 0 Å². The summed E-state index contributed by atoms with van der Waals surface area (Å²) in [5, 5.41) is 0. The van der Waals surface area contributed by atoms with Gasteiger partial charge in [0.1, 0.15) is 19.3 Å². The second-order valence-electron chi connectivity index (χ2n) is 14.6. The van der Waals surface area contributed by atoms with E-state index in [1.807, 2.05) is 21.1 Å². The van der Waals surface area contributed by atoms with Gasteiger partial charge in [-0.1, -0.05) is 145 Å². The van der Waals surface area contributed by atoms with Crippen LogP contribution < -0.4 is 4.89 Å². The van der Waals surface area contributed by atoms with Crippen LogP contribution in [-0.2, 0) is 27.9 Å². The van der Waals surface area contributed by atoms with E-state index in [9.17, 15) is 14.3 Å². The number of phosphoric ester groups is 1. The molecule has 0 aromatic heterocycles. The molecule has 0 aromatic rings. The Bertz CT molecular complexity index is 1020. The van der Waals surface area contributed by atoms with Gasteiger partial charge in [-0.25, -0.2) is 0 Å². The SMILES string of the molecule is CC/C=C\C/C=C\C/C=C\C/C=C\C/C=C\CCCCCCCCOCC(COP(=O)([O-])OCC[N+](C)(C)C)OC(=O)CCCCCCCCCC. The zero-order valence-electron chi connectivity index (χ0n) is 34.0. The fourth-order valence-corrected chi connectivity index (χ4v) is 5.89. The van der Waals surface area contributed by atoms with Gasteiger partial charge in [0.05, 0.1) is 34.4 Å². The summed E-state index contributed by atoms with van der Waals surface area (Å²) in [4.78, 5) is 24.9. The molecule has 0 saturated heterocycles. The van der Waals surface area contributed by atoms with Crippen molar-refractivity contribution in [2.45, 2.75) is 155 Å². The first-order valence-electron chi connectivity index (χ1n) is 20.5. The monoisotopic (exact) mass is 752 g/mol. The summed E-state index contributed by atoms with van der Waals surface area (Å²) in [5.74, 6) is -0.348. The lowest BCUT2D eigenvalue weighted by atomic mass is 10.1. The van der Waals surface area contributed by atoms with Gasteiger partial charge in [0.15, 0.2) is 0 Å². The average molecular weight is 752 g/mol. The Morgan fingerprint density at radius 2 is 1.12 bits per heavy atom. The van der Waals surface area contributed by atoms with Crippen LogP contribution in [0.3, 0.4) is 0 Å². The van der Waals surface area contributed by atoms with E-state index in [1.165, 1.54) is 51.4 Å². The number of rotatable bonds is 37. The molecule has 0 saturated carbocycles. The van der Waals surface area contributed by atoms with Crippen molar-refractivity contribution in [3.63, 3.8) is 0 Å².